The molecule has 0 aromatic carbocycles. The number of nitrogens with one attached hydrogen (secondary N) is 2. The highest BCUT2D eigenvalue weighted by molar-refractivity contribution is 5.49. The largest absolute Gasteiger partial charge is 0.377 e. The van der Waals surface area contributed by atoms with E-state index >= 15 is 0 Å². The number of aryl methyl sites for hydroxylation is 1. The molecular formula is C11H17N5O2. The van der Waals surface area contributed by atoms with E-state index in [1.165, 1.54) is 4.40 Å². The first kappa shape index (κ1) is 12.6. The molecule has 0 saturated carbocycles. The van der Waals surface area contributed by atoms with Crippen LogP contribution >= 0.6 is 0 Å². The van der Waals surface area contributed by atoms with Gasteiger partial charge >= 0.3 is 5.69 Å². The second kappa shape index (κ2) is 5.18. The van der Waals surface area contributed by atoms with E-state index in [4.69, 9.17) is 4.74 Å². The molecule has 2 rings (SSSR count). The van der Waals surface area contributed by atoms with Gasteiger partial charge in [-0.05, 0) is 20.8 Å². The van der Waals surface area contributed by atoms with Crippen molar-refractivity contribution in [3.63, 3.8) is 0 Å². The number of ether oxygens (including phenoxy) is 1. The van der Waals surface area contributed by atoms with E-state index < -0.39 is 0 Å². The maximum absolute atomic E-state index is 11.4. The van der Waals surface area contributed by atoms with Crippen molar-refractivity contribution >= 4 is 11.5 Å². The van der Waals surface area contributed by atoms with Gasteiger partial charge in [0.25, 0.3) is 0 Å². The van der Waals surface area contributed by atoms with Crippen LogP contribution in [0.15, 0.2) is 10.9 Å². The maximum atomic E-state index is 11.4. The zero-order valence-corrected chi connectivity index (χ0v) is 10.7. The summed E-state index contributed by atoms with van der Waals surface area (Å²) in [6, 6.07) is 1.73. The Hall–Kier alpha value is -1.89. The van der Waals surface area contributed by atoms with Gasteiger partial charge in [-0.2, -0.15) is 5.10 Å². The maximum Gasteiger partial charge on any atom is 0.349 e. The lowest BCUT2D eigenvalue weighted by atomic mass is 10.4. The van der Waals surface area contributed by atoms with E-state index in [-0.39, 0.29) is 11.8 Å². The van der Waals surface area contributed by atoms with Crippen molar-refractivity contribution in [1.82, 2.24) is 19.6 Å². The Kier molecular flexibility index (Phi) is 3.61. The number of aromatic nitrogens is 4. The summed E-state index contributed by atoms with van der Waals surface area (Å²) in [5.41, 5.74) is 0.281. The molecule has 2 N–H and O–H groups in total. The second-order valence-corrected chi connectivity index (χ2v) is 4.06. The van der Waals surface area contributed by atoms with Crippen LogP contribution in [-0.2, 0) is 4.74 Å². The predicted octanol–water partition coefficient (Wildman–Crippen LogP) is 0.563. The minimum absolute atomic E-state index is 0.106. The summed E-state index contributed by atoms with van der Waals surface area (Å²) < 4.78 is 6.85. The second-order valence-electron chi connectivity index (χ2n) is 4.06. The number of H-pyrrole nitrogens is 1. The van der Waals surface area contributed by atoms with Crippen molar-refractivity contribution in [1.29, 1.82) is 0 Å². The first-order valence-corrected chi connectivity index (χ1v) is 5.92. The Morgan fingerprint density at radius 3 is 3.11 bits per heavy atom. The SMILES string of the molecule is CCOC(C)CNc1cc2n[nH]c(=O)n2c(C)n1. The monoisotopic (exact) mass is 251 g/mol. The molecule has 2 aromatic heterocycles. The van der Waals surface area contributed by atoms with E-state index in [9.17, 15) is 4.79 Å². The Labute approximate surface area is 104 Å². The molecule has 0 fully saturated rings. The van der Waals surface area contributed by atoms with E-state index in [1.54, 1.807) is 13.0 Å². The summed E-state index contributed by atoms with van der Waals surface area (Å²) in [5, 5.41) is 9.48. The molecule has 0 saturated heterocycles. The Bertz CT molecular complexity index is 589. The summed E-state index contributed by atoms with van der Waals surface area (Å²) in [5.74, 6) is 1.28. The molecular weight excluding hydrogens is 234 g/mol. The summed E-state index contributed by atoms with van der Waals surface area (Å²) in [6.07, 6.45) is 0.106. The zero-order valence-electron chi connectivity index (χ0n) is 10.7. The smallest absolute Gasteiger partial charge is 0.349 e. The lowest BCUT2D eigenvalue weighted by Crippen LogP contribution is -2.21. The zero-order chi connectivity index (χ0) is 13.1. The summed E-state index contributed by atoms with van der Waals surface area (Å²) in [4.78, 5) is 15.7. The van der Waals surface area contributed by atoms with Crippen LogP contribution < -0.4 is 11.0 Å². The lowest BCUT2D eigenvalue weighted by molar-refractivity contribution is 0.0855. The minimum Gasteiger partial charge on any atom is -0.377 e. The number of hydrogen-bond acceptors (Lipinski definition) is 5. The predicted molar refractivity (Wildman–Crippen MR) is 67.9 cm³/mol. The topological polar surface area (TPSA) is 84.3 Å². The fraction of sp³-hybridized carbons (Fsp3) is 0.545. The molecule has 1 atom stereocenters. The van der Waals surface area contributed by atoms with Crippen LogP contribution in [0.4, 0.5) is 5.82 Å². The fourth-order valence-corrected chi connectivity index (χ4v) is 1.78. The third-order valence-electron chi connectivity index (χ3n) is 2.59. The number of aromatic amines is 1. The highest BCUT2D eigenvalue weighted by Gasteiger charge is 2.07. The number of anilines is 1. The molecule has 1 unspecified atom stereocenters. The first-order chi connectivity index (χ1) is 8.61. The van der Waals surface area contributed by atoms with Gasteiger partial charge in [0, 0.05) is 19.2 Å². The number of nitrogens with zero attached hydrogens (tertiary/aromatic N) is 3. The minimum atomic E-state index is -0.274. The standard InChI is InChI=1S/C11H17N5O2/c1-4-18-7(2)6-12-9-5-10-14-15-11(17)16(10)8(3)13-9/h5,7,12H,4,6H2,1-3H3,(H,15,17). The Morgan fingerprint density at radius 1 is 1.61 bits per heavy atom. The molecule has 2 heterocycles. The molecule has 0 aliphatic heterocycles. The van der Waals surface area contributed by atoms with Crippen LogP contribution in [0.3, 0.4) is 0 Å². The molecule has 7 heteroatoms. The van der Waals surface area contributed by atoms with Gasteiger partial charge in [-0.15, -0.1) is 0 Å². The summed E-state index contributed by atoms with van der Waals surface area (Å²) in [6.45, 7) is 7.05. The van der Waals surface area contributed by atoms with Crippen LogP contribution in [0, 0.1) is 6.92 Å². The Balaban J connectivity index is 2.17. The number of fused-ring (bicyclic) bond motifs is 1. The van der Waals surface area contributed by atoms with Crippen molar-refractivity contribution in [2.45, 2.75) is 26.9 Å². The third kappa shape index (κ3) is 2.51. The molecule has 0 spiro atoms. The van der Waals surface area contributed by atoms with Gasteiger partial charge in [-0.1, -0.05) is 0 Å². The number of hydrogen-bond donors (Lipinski definition) is 2. The van der Waals surface area contributed by atoms with Gasteiger partial charge in [-0.3, -0.25) is 0 Å². The van der Waals surface area contributed by atoms with Crippen LogP contribution in [0.2, 0.25) is 0 Å². The molecule has 0 aliphatic carbocycles. The summed E-state index contributed by atoms with van der Waals surface area (Å²) >= 11 is 0. The van der Waals surface area contributed by atoms with E-state index in [0.29, 0.717) is 30.4 Å². The van der Waals surface area contributed by atoms with Crippen LogP contribution in [0.5, 0.6) is 0 Å². The van der Waals surface area contributed by atoms with Gasteiger partial charge in [0.15, 0.2) is 5.65 Å². The average Bonchev–Trinajstić information content (AvgIpc) is 2.69. The number of rotatable bonds is 5. The van der Waals surface area contributed by atoms with Gasteiger partial charge in [0.2, 0.25) is 0 Å². The van der Waals surface area contributed by atoms with Gasteiger partial charge in [-0.25, -0.2) is 19.3 Å². The van der Waals surface area contributed by atoms with Crippen molar-refractivity contribution in [3.05, 3.63) is 22.4 Å². The van der Waals surface area contributed by atoms with Crippen LogP contribution in [0.1, 0.15) is 19.7 Å². The molecule has 2 aromatic rings. The molecule has 7 nitrogen and oxygen atoms in total. The van der Waals surface area contributed by atoms with Crippen LogP contribution in [-0.4, -0.2) is 38.8 Å². The molecule has 0 radical (unpaired) electrons. The van der Waals surface area contributed by atoms with Crippen molar-refractivity contribution < 1.29 is 4.74 Å². The van der Waals surface area contributed by atoms with Crippen LogP contribution in [0.25, 0.3) is 5.65 Å². The quantitative estimate of drug-likeness (QED) is 0.811. The van der Waals surface area contributed by atoms with Crippen molar-refractivity contribution in [3.8, 4) is 0 Å². The van der Waals surface area contributed by atoms with E-state index in [2.05, 4.69) is 20.5 Å². The molecule has 18 heavy (non-hydrogen) atoms. The highest BCUT2D eigenvalue weighted by Crippen LogP contribution is 2.08. The highest BCUT2D eigenvalue weighted by atomic mass is 16.5. The molecule has 0 bridgehead atoms. The van der Waals surface area contributed by atoms with Gasteiger partial charge in [0.05, 0.1) is 6.10 Å². The Morgan fingerprint density at radius 2 is 2.39 bits per heavy atom. The molecule has 0 amide bonds. The normalized spacial score (nSPS) is 12.8. The van der Waals surface area contributed by atoms with E-state index in [1.807, 2.05) is 13.8 Å². The van der Waals surface area contributed by atoms with Gasteiger partial charge in [0.1, 0.15) is 11.6 Å². The third-order valence-corrected chi connectivity index (χ3v) is 2.59. The fourth-order valence-electron chi connectivity index (χ4n) is 1.78. The van der Waals surface area contributed by atoms with Crippen molar-refractivity contribution in [2.75, 3.05) is 18.5 Å². The molecule has 98 valence electrons. The van der Waals surface area contributed by atoms with Gasteiger partial charge < -0.3 is 10.1 Å². The summed E-state index contributed by atoms with van der Waals surface area (Å²) in [7, 11) is 0. The van der Waals surface area contributed by atoms with E-state index in [0.717, 1.165) is 0 Å². The van der Waals surface area contributed by atoms with Crippen molar-refractivity contribution in [2.24, 2.45) is 0 Å². The average molecular weight is 251 g/mol. The first-order valence-electron chi connectivity index (χ1n) is 5.92. The molecule has 0 aliphatic rings. The lowest BCUT2D eigenvalue weighted by Gasteiger charge is -2.13.